The van der Waals surface area contributed by atoms with E-state index in [0.29, 0.717) is 13.0 Å². The van der Waals surface area contributed by atoms with Crippen molar-refractivity contribution in [2.75, 3.05) is 13.7 Å². The highest BCUT2D eigenvalue weighted by Crippen LogP contribution is 2.02. The summed E-state index contributed by atoms with van der Waals surface area (Å²) in [6.45, 7) is 1.77. The third kappa shape index (κ3) is 4.46. The van der Waals surface area contributed by atoms with E-state index in [1.54, 1.807) is 9.95 Å². The number of hydrogen-bond donors (Lipinski definition) is 2. The number of aliphatic hydroxyl groups is 1. The first-order valence-electron chi connectivity index (χ1n) is 6.12. The van der Waals surface area contributed by atoms with Crippen molar-refractivity contribution in [3.05, 3.63) is 20.7 Å². The smallest absolute Gasteiger partial charge is 0.330 e. The topological polar surface area (TPSA) is 97.6 Å². The molecule has 0 aliphatic rings. The van der Waals surface area contributed by atoms with Gasteiger partial charge in [-0.2, -0.15) is 0 Å². The molecule has 112 valence electrons. The average molecular weight is 302 g/mol. The minimum Gasteiger partial charge on any atom is -0.467 e. The summed E-state index contributed by atoms with van der Waals surface area (Å²) in [6.07, 6.45) is 0.637. The van der Waals surface area contributed by atoms with Gasteiger partial charge in [0.15, 0.2) is 6.04 Å². The molecule has 0 aromatic carbocycles. The monoisotopic (exact) mass is 302 g/mol. The Labute approximate surface area is 120 Å². The first-order chi connectivity index (χ1) is 9.49. The van der Waals surface area contributed by atoms with E-state index in [1.807, 2.05) is 6.92 Å². The Morgan fingerprint density at radius 1 is 1.55 bits per heavy atom. The standard InChI is InChI=1S/C12H18N2O5S/c1-8-7-20-12(18)14(8)5-3-4-10(16)13-9(6-15)11(17)19-2/h7,9,15H,3-6H2,1-2H3,(H,13,16). The molecular weight excluding hydrogens is 284 g/mol. The number of aliphatic hydroxyl groups excluding tert-OH is 1. The molecule has 0 aliphatic carbocycles. The Balaban J connectivity index is 2.40. The SMILES string of the molecule is COC(=O)C(CO)NC(=O)CCCn1c(C)csc1=O. The summed E-state index contributed by atoms with van der Waals surface area (Å²) in [4.78, 5) is 34.2. The lowest BCUT2D eigenvalue weighted by Crippen LogP contribution is -2.44. The number of thiazole rings is 1. The van der Waals surface area contributed by atoms with Crippen molar-refractivity contribution in [2.45, 2.75) is 32.4 Å². The van der Waals surface area contributed by atoms with Crippen LogP contribution in [-0.2, 0) is 20.9 Å². The number of hydrogen-bond acceptors (Lipinski definition) is 6. The van der Waals surface area contributed by atoms with Gasteiger partial charge in [0.1, 0.15) is 0 Å². The molecule has 7 nitrogen and oxygen atoms in total. The summed E-state index contributed by atoms with van der Waals surface area (Å²) >= 11 is 1.12. The number of carbonyl (C=O) groups excluding carboxylic acids is 2. The fourth-order valence-corrected chi connectivity index (χ4v) is 2.42. The zero-order valence-corrected chi connectivity index (χ0v) is 12.2. The fraction of sp³-hybridized carbons (Fsp3) is 0.583. The first kappa shape index (κ1) is 16.4. The lowest BCUT2D eigenvalue weighted by Gasteiger charge is -2.13. The zero-order chi connectivity index (χ0) is 15.1. The molecular formula is C12H18N2O5S. The van der Waals surface area contributed by atoms with Crippen molar-refractivity contribution < 1.29 is 19.4 Å². The molecule has 1 unspecified atom stereocenters. The number of methoxy groups -OCH3 is 1. The van der Waals surface area contributed by atoms with Crippen LogP contribution in [0.2, 0.25) is 0 Å². The molecule has 1 aromatic heterocycles. The van der Waals surface area contributed by atoms with Gasteiger partial charge in [0.25, 0.3) is 0 Å². The van der Waals surface area contributed by atoms with E-state index >= 15 is 0 Å². The Hall–Kier alpha value is -1.67. The van der Waals surface area contributed by atoms with E-state index in [2.05, 4.69) is 10.1 Å². The second kappa shape index (κ2) is 7.81. The van der Waals surface area contributed by atoms with E-state index in [-0.39, 0.29) is 17.2 Å². The lowest BCUT2D eigenvalue weighted by atomic mass is 10.2. The molecule has 1 atom stereocenters. The van der Waals surface area contributed by atoms with Crippen LogP contribution in [0.1, 0.15) is 18.5 Å². The first-order valence-corrected chi connectivity index (χ1v) is 7.00. The molecule has 1 amide bonds. The van der Waals surface area contributed by atoms with Crippen molar-refractivity contribution in [2.24, 2.45) is 0 Å². The van der Waals surface area contributed by atoms with Gasteiger partial charge in [0.05, 0.1) is 13.7 Å². The van der Waals surface area contributed by atoms with Crippen molar-refractivity contribution in [1.82, 2.24) is 9.88 Å². The highest BCUT2D eigenvalue weighted by Gasteiger charge is 2.20. The van der Waals surface area contributed by atoms with Crippen LogP contribution in [0, 0.1) is 6.92 Å². The Morgan fingerprint density at radius 3 is 2.75 bits per heavy atom. The minimum atomic E-state index is -1.04. The average Bonchev–Trinajstić information content (AvgIpc) is 2.75. The highest BCUT2D eigenvalue weighted by atomic mass is 32.1. The van der Waals surface area contributed by atoms with Crippen molar-refractivity contribution in [1.29, 1.82) is 0 Å². The van der Waals surface area contributed by atoms with Gasteiger partial charge in [-0.05, 0) is 13.3 Å². The summed E-state index contributed by atoms with van der Waals surface area (Å²) in [5.74, 6) is -1.05. The number of aromatic nitrogens is 1. The molecule has 8 heteroatoms. The van der Waals surface area contributed by atoms with Crippen LogP contribution >= 0.6 is 11.3 Å². The summed E-state index contributed by atoms with van der Waals surface area (Å²) < 4.78 is 6.04. The number of nitrogens with zero attached hydrogens (tertiary/aromatic N) is 1. The summed E-state index contributed by atoms with van der Waals surface area (Å²) in [7, 11) is 1.18. The van der Waals surface area contributed by atoms with Crippen LogP contribution in [0.4, 0.5) is 0 Å². The molecule has 1 aromatic rings. The van der Waals surface area contributed by atoms with E-state index < -0.39 is 18.6 Å². The maximum Gasteiger partial charge on any atom is 0.330 e. The third-order valence-electron chi connectivity index (χ3n) is 2.77. The van der Waals surface area contributed by atoms with Crippen LogP contribution in [0.3, 0.4) is 0 Å². The van der Waals surface area contributed by atoms with Gasteiger partial charge in [0, 0.05) is 24.0 Å². The number of ether oxygens (including phenoxy) is 1. The largest absolute Gasteiger partial charge is 0.467 e. The number of carbonyl (C=O) groups is 2. The Kier molecular flexibility index (Phi) is 6.40. The van der Waals surface area contributed by atoms with Crippen LogP contribution in [0.5, 0.6) is 0 Å². The third-order valence-corrected chi connectivity index (χ3v) is 3.65. The van der Waals surface area contributed by atoms with Gasteiger partial charge in [-0.3, -0.25) is 9.59 Å². The summed E-state index contributed by atoms with van der Waals surface area (Å²) in [5, 5.41) is 13.1. The van der Waals surface area contributed by atoms with Crippen LogP contribution < -0.4 is 10.2 Å². The Morgan fingerprint density at radius 2 is 2.25 bits per heavy atom. The molecule has 1 rings (SSSR count). The van der Waals surface area contributed by atoms with Gasteiger partial charge in [-0.15, -0.1) is 0 Å². The summed E-state index contributed by atoms with van der Waals surface area (Å²) in [6, 6.07) is -1.04. The van der Waals surface area contributed by atoms with Crippen molar-refractivity contribution in [3.63, 3.8) is 0 Å². The van der Waals surface area contributed by atoms with Gasteiger partial charge in [-0.25, -0.2) is 4.79 Å². The van der Waals surface area contributed by atoms with E-state index in [4.69, 9.17) is 5.11 Å². The molecule has 0 bridgehead atoms. The number of amides is 1. The molecule has 20 heavy (non-hydrogen) atoms. The number of rotatable bonds is 7. The van der Waals surface area contributed by atoms with Gasteiger partial charge >= 0.3 is 10.8 Å². The molecule has 0 saturated carbocycles. The normalized spacial score (nSPS) is 11.9. The van der Waals surface area contributed by atoms with Gasteiger partial charge in [0.2, 0.25) is 5.91 Å². The predicted octanol–water partition coefficient (Wildman–Crippen LogP) is -0.351. The molecule has 0 saturated heterocycles. The van der Waals surface area contributed by atoms with Gasteiger partial charge < -0.3 is 19.7 Å². The van der Waals surface area contributed by atoms with E-state index in [0.717, 1.165) is 17.0 Å². The Bertz CT molecular complexity index is 522. The second-order valence-electron chi connectivity index (χ2n) is 4.22. The van der Waals surface area contributed by atoms with Crippen LogP contribution in [0.15, 0.2) is 10.2 Å². The molecule has 0 radical (unpaired) electrons. The fourth-order valence-electron chi connectivity index (χ4n) is 1.66. The maximum absolute atomic E-state index is 11.6. The number of esters is 1. The molecule has 0 spiro atoms. The highest BCUT2D eigenvalue weighted by molar-refractivity contribution is 7.07. The van der Waals surface area contributed by atoms with Crippen molar-refractivity contribution in [3.8, 4) is 0 Å². The van der Waals surface area contributed by atoms with Crippen LogP contribution in [0.25, 0.3) is 0 Å². The van der Waals surface area contributed by atoms with E-state index in [9.17, 15) is 14.4 Å². The maximum atomic E-state index is 11.6. The quantitative estimate of drug-likeness (QED) is 0.671. The van der Waals surface area contributed by atoms with Crippen molar-refractivity contribution >= 4 is 23.2 Å². The molecule has 0 aliphatic heterocycles. The summed E-state index contributed by atoms with van der Waals surface area (Å²) in [5.41, 5.74) is 0.864. The zero-order valence-electron chi connectivity index (χ0n) is 11.4. The second-order valence-corrected chi connectivity index (χ2v) is 5.04. The number of aryl methyl sites for hydroxylation is 1. The number of nitrogens with one attached hydrogen (secondary N) is 1. The molecule has 2 N–H and O–H groups in total. The minimum absolute atomic E-state index is 0.0503. The lowest BCUT2D eigenvalue weighted by molar-refractivity contribution is -0.146. The molecule has 1 heterocycles. The van der Waals surface area contributed by atoms with Crippen LogP contribution in [-0.4, -0.2) is 41.3 Å². The molecule has 0 fully saturated rings. The van der Waals surface area contributed by atoms with E-state index in [1.165, 1.54) is 7.11 Å². The van der Waals surface area contributed by atoms with Gasteiger partial charge in [-0.1, -0.05) is 11.3 Å². The predicted molar refractivity (Wildman–Crippen MR) is 73.6 cm³/mol.